The largest absolute Gasteiger partial charge is 0.508 e. The van der Waals surface area contributed by atoms with Crippen molar-refractivity contribution < 1.29 is 28.9 Å². The van der Waals surface area contributed by atoms with E-state index < -0.39 is 18.5 Å². The van der Waals surface area contributed by atoms with E-state index in [-0.39, 0.29) is 11.3 Å². The highest BCUT2D eigenvalue weighted by Crippen LogP contribution is 2.30. The lowest BCUT2D eigenvalue weighted by molar-refractivity contribution is -0.119. The van der Waals surface area contributed by atoms with Crippen LogP contribution in [0.15, 0.2) is 42.5 Å². The Bertz CT molecular complexity index is 757. The van der Waals surface area contributed by atoms with Gasteiger partial charge in [-0.3, -0.25) is 4.79 Å². The number of aromatic hydroxyl groups is 1. The number of amides is 1. The maximum atomic E-state index is 12.0. The lowest BCUT2D eigenvalue weighted by atomic mass is 10.2. The summed E-state index contributed by atoms with van der Waals surface area (Å²) in [6, 6.07) is 10.6. The third-order valence-electron chi connectivity index (χ3n) is 3.26. The molecule has 2 rings (SSSR count). The van der Waals surface area contributed by atoms with Crippen LogP contribution in [0.1, 0.15) is 24.2 Å². The fourth-order valence-corrected chi connectivity index (χ4v) is 2.14. The number of carbonyl (C=O) groups excluding carboxylic acids is 2. The third kappa shape index (κ3) is 5.41. The molecular weight excluding hydrogens is 338 g/mol. The standard InChI is InChI=1S/C19H21NO6/c1-3-24-16-10-7-14(11-17(16)25-4-2)20-18(22)12-26-19(23)13-5-8-15(21)9-6-13/h5-11,21H,3-4,12H2,1-2H3,(H,20,22). The van der Waals surface area contributed by atoms with Gasteiger partial charge in [-0.2, -0.15) is 0 Å². The molecule has 7 heteroatoms. The Kier molecular flexibility index (Phi) is 6.84. The first-order valence-corrected chi connectivity index (χ1v) is 8.19. The van der Waals surface area contributed by atoms with Crippen molar-refractivity contribution >= 4 is 17.6 Å². The summed E-state index contributed by atoms with van der Waals surface area (Å²) in [4.78, 5) is 23.8. The summed E-state index contributed by atoms with van der Waals surface area (Å²) in [5, 5.41) is 11.8. The molecule has 26 heavy (non-hydrogen) atoms. The quantitative estimate of drug-likeness (QED) is 0.704. The highest BCUT2D eigenvalue weighted by molar-refractivity contribution is 5.95. The van der Waals surface area contributed by atoms with Gasteiger partial charge in [0.2, 0.25) is 0 Å². The van der Waals surface area contributed by atoms with Crippen LogP contribution in [-0.4, -0.2) is 36.8 Å². The summed E-state index contributed by atoms with van der Waals surface area (Å²) in [7, 11) is 0. The molecule has 2 N–H and O–H groups in total. The van der Waals surface area contributed by atoms with Crippen molar-refractivity contribution in [3.8, 4) is 17.2 Å². The van der Waals surface area contributed by atoms with Gasteiger partial charge >= 0.3 is 5.97 Å². The van der Waals surface area contributed by atoms with Crippen molar-refractivity contribution in [3.05, 3.63) is 48.0 Å². The summed E-state index contributed by atoms with van der Waals surface area (Å²) < 4.78 is 15.9. The third-order valence-corrected chi connectivity index (χ3v) is 3.26. The van der Waals surface area contributed by atoms with Gasteiger partial charge in [-0.15, -0.1) is 0 Å². The summed E-state index contributed by atoms with van der Waals surface area (Å²) >= 11 is 0. The van der Waals surface area contributed by atoms with Crippen LogP contribution in [0.25, 0.3) is 0 Å². The van der Waals surface area contributed by atoms with E-state index in [9.17, 15) is 14.7 Å². The van der Waals surface area contributed by atoms with E-state index in [4.69, 9.17) is 14.2 Å². The Morgan fingerprint density at radius 1 is 0.962 bits per heavy atom. The fourth-order valence-electron chi connectivity index (χ4n) is 2.14. The number of carbonyl (C=O) groups is 2. The highest BCUT2D eigenvalue weighted by atomic mass is 16.5. The van der Waals surface area contributed by atoms with E-state index in [1.54, 1.807) is 18.2 Å². The minimum Gasteiger partial charge on any atom is -0.508 e. The van der Waals surface area contributed by atoms with Crippen molar-refractivity contribution in [2.75, 3.05) is 25.1 Å². The Morgan fingerprint density at radius 2 is 1.62 bits per heavy atom. The van der Waals surface area contributed by atoms with Crippen molar-refractivity contribution in [1.82, 2.24) is 0 Å². The second kappa shape index (κ2) is 9.31. The topological polar surface area (TPSA) is 94.1 Å². The Morgan fingerprint density at radius 3 is 2.27 bits per heavy atom. The molecule has 0 saturated heterocycles. The van der Waals surface area contributed by atoms with Crippen LogP contribution in [0.2, 0.25) is 0 Å². The van der Waals surface area contributed by atoms with E-state index in [1.807, 2.05) is 13.8 Å². The minimum absolute atomic E-state index is 0.0416. The smallest absolute Gasteiger partial charge is 0.338 e. The Balaban J connectivity index is 1.93. The Labute approximate surface area is 151 Å². The number of phenolic OH excluding ortho intramolecular Hbond substituents is 1. The molecule has 0 aliphatic carbocycles. The summed E-state index contributed by atoms with van der Waals surface area (Å²) in [5.74, 6) is 0.0184. The van der Waals surface area contributed by atoms with Gasteiger partial charge in [-0.25, -0.2) is 4.79 Å². The first-order valence-electron chi connectivity index (χ1n) is 8.19. The van der Waals surface area contributed by atoms with Crippen LogP contribution >= 0.6 is 0 Å². The highest BCUT2D eigenvalue weighted by Gasteiger charge is 2.12. The van der Waals surface area contributed by atoms with Crippen LogP contribution in [0.4, 0.5) is 5.69 Å². The number of phenols is 1. The van der Waals surface area contributed by atoms with Crippen molar-refractivity contribution in [3.63, 3.8) is 0 Å². The van der Waals surface area contributed by atoms with Gasteiger partial charge in [0, 0.05) is 11.8 Å². The average molecular weight is 359 g/mol. The van der Waals surface area contributed by atoms with Crippen molar-refractivity contribution in [2.24, 2.45) is 0 Å². The molecule has 0 atom stereocenters. The van der Waals surface area contributed by atoms with Gasteiger partial charge in [0.25, 0.3) is 5.91 Å². The second-order valence-electron chi connectivity index (χ2n) is 5.20. The fraction of sp³-hybridized carbons (Fsp3) is 0.263. The molecule has 0 saturated carbocycles. The van der Waals surface area contributed by atoms with Gasteiger partial charge in [0.05, 0.1) is 18.8 Å². The average Bonchev–Trinajstić information content (AvgIpc) is 2.63. The SMILES string of the molecule is CCOc1ccc(NC(=O)COC(=O)c2ccc(O)cc2)cc1OCC. The lowest BCUT2D eigenvalue weighted by Gasteiger charge is -2.13. The molecule has 2 aromatic rings. The molecule has 0 radical (unpaired) electrons. The monoisotopic (exact) mass is 359 g/mol. The van der Waals surface area contributed by atoms with Gasteiger partial charge in [-0.05, 0) is 50.2 Å². The zero-order valence-electron chi connectivity index (χ0n) is 14.7. The van der Waals surface area contributed by atoms with Crippen molar-refractivity contribution in [2.45, 2.75) is 13.8 Å². The predicted octanol–water partition coefficient (Wildman–Crippen LogP) is 2.99. The molecule has 0 aliphatic heterocycles. The number of ether oxygens (including phenoxy) is 3. The first kappa shape index (κ1) is 19.1. The number of rotatable bonds is 8. The Hall–Kier alpha value is -3.22. The van der Waals surface area contributed by atoms with Crippen LogP contribution in [-0.2, 0) is 9.53 Å². The van der Waals surface area contributed by atoms with E-state index in [0.29, 0.717) is 30.4 Å². The molecule has 0 aliphatic rings. The van der Waals surface area contributed by atoms with Gasteiger partial charge < -0.3 is 24.6 Å². The molecule has 0 bridgehead atoms. The minimum atomic E-state index is -0.651. The molecule has 0 heterocycles. The maximum Gasteiger partial charge on any atom is 0.338 e. The number of esters is 1. The zero-order chi connectivity index (χ0) is 18.9. The molecule has 7 nitrogen and oxygen atoms in total. The van der Waals surface area contributed by atoms with Crippen LogP contribution in [0.3, 0.4) is 0 Å². The summed E-state index contributed by atoms with van der Waals surface area (Å²) in [6.07, 6.45) is 0. The van der Waals surface area contributed by atoms with Crippen LogP contribution in [0, 0.1) is 0 Å². The maximum absolute atomic E-state index is 12.0. The molecule has 138 valence electrons. The first-order chi connectivity index (χ1) is 12.5. The molecule has 1 amide bonds. The number of hydrogen-bond donors (Lipinski definition) is 2. The van der Waals surface area contributed by atoms with Gasteiger partial charge in [0.15, 0.2) is 18.1 Å². The normalized spacial score (nSPS) is 10.1. The molecule has 0 fully saturated rings. The van der Waals surface area contributed by atoms with Crippen LogP contribution in [0.5, 0.6) is 17.2 Å². The molecular formula is C19H21NO6. The van der Waals surface area contributed by atoms with Gasteiger partial charge in [-0.1, -0.05) is 0 Å². The zero-order valence-corrected chi connectivity index (χ0v) is 14.7. The molecule has 0 spiro atoms. The summed E-state index contributed by atoms with van der Waals surface area (Å²) in [6.45, 7) is 4.25. The van der Waals surface area contributed by atoms with Crippen LogP contribution < -0.4 is 14.8 Å². The predicted molar refractivity (Wildman–Crippen MR) is 95.8 cm³/mol. The molecule has 2 aromatic carbocycles. The van der Waals surface area contributed by atoms with Gasteiger partial charge in [0.1, 0.15) is 5.75 Å². The van der Waals surface area contributed by atoms with E-state index in [1.165, 1.54) is 24.3 Å². The van der Waals surface area contributed by atoms with E-state index in [0.717, 1.165) is 0 Å². The van der Waals surface area contributed by atoms with E-state index >= 15 is 0 Å². The second-order valence-corrected chi connectivity index (χ2v) is 5.20. The molecule has 0 aromatic heterocycles. The van der Waals surface area contributed by atoms with E-state index in [2.05, 4.69) is 5.32 Å². The number of anilines is 1. The number of benzene rings is 2. The molecule has 0 unspecified atom stereocenters. The summed E-state index contributed by atoms with van der Waals surface area (Å²) in [5.41, 5.74) is 0.748. The number of nitrogens with one attached hydrogen (secondary N) is 1. The lowest BCUT2D eigenvalue weighted by Crippen LogP contribution is -2.21. The van der Waals surface area contributed by atoms with Crippen molar-refractivity contribution in [1.29, 1.82) is 0 Å². The number of hydrogen-bond acceptors (Lipinski definition) is 6.